The first-order chi connectivity index (χ1) is 19.1. The van der Waals surface area contributed by atoms with Gasteiger partial charge in [0.25, 0.3) is 0 Å². The number of fused-ring (bicyclic) bond motifs is 2. The van der Waals surface area contributed by atoms with Gasteiger partial charge in [-0.3, -0.25) is 4.79 Å². The lowest BCUT2D eigenvalue weighted by Gasteiger charge is -2.40. The normalized spacial score (nSPS) is 15.3. The molecule has 0 saturated carbocycles. The van der Waals surface area contributed by atoms with Crippen LogP contribution in [0.3, 0.4) is 0 Å². The Morgan fingerprint density at radius 1 is 1.10 bits per heavy atom. The molecule has 0 radical (unpaired) electrons. The highest BCUT2D eigenvalue weighted by Crippen LogP contribution is 2.39. The first-order valence-corrected chi connectivity index (χ1v) is 13.7. The van der Waals surface area contributed by atoms with E-state index in [9.17, 15) is 9.59 Å². The summed E-state index contributed by atoms with van der Waals surface area (Å²) in [5.74, 6) is 0.517. The van der Waals surface area contributed by atoms with Crippen molar-refractivity contribution in [3.8, 4) is 11.1 Å². The van der Waals surface area contributed by atoms with Crippen molar-refractivity contribution in [3.63, 3.8) is 0 Å². The third-order valence-corrected chi connectivity index (χ3v) is 7.57. The summed E-state index contributed by atoms with van der Waals surface area (Å²) in [4.78, 5) is 38.1. The molecule has 0 atom stereocenters. The van der Waals surface area contributed by atoms with E-state index in [1.807, 2.05) is 62.9 Å². The number of hydrogen-bond donors (Lipinski definition) is 1. The van der Waals surface area contributed by atoms with E-state index < -0.39 is 5.60 Å². The van der Waals surface area contributed by atoms with E-state index in [0.29, 0.717) is 31.9 Å². The van der Waals surface area contributed by atoms with Crippen LogP contribution in [-0.2, 0) is 22.4 Å². The summed E-state index contributed by atoms with van der Waals surface area (Å²) in [6.45, 7) is 9.36. The van der Waals surface area contributed by atoms with Crippen LogP contribution < -0.4 is 10.6 Å². The van der Waals surface area contributed by atoms with E-state index >= 15 is 0 Å². The Labute approximate surface area is 233 Å². The van der Waals surface area contributed by atoms with Crippen LogP contribution in [0.1, 0.15) is 43.5 Å². The number of ether oxygens (including phenoxy) is 1. The van der Waals surface area contributed by atoms with Gasteiger partial charge in [-0.05, 0) is 62.9 Å². The minimum atomic E-state index is -0.536. The van der Waals surface area contributed by atoms with Gasteiger partial charge in [-0.15, -0.1) is 0 Å². The summed E-state index contributed by atoms with van der Waals surface area (Å²) in [5, 5.41) is 0.795. The number of hydrogen-bond acceptors (Lipinski definition) is 6. The van der Waals surface area contributed by atoms with Crippen molar-refractivity contribution in [3.05, 3.63) is 71.7 Å². The largest absolute Gasteiger partial charge is 0.444 e. The Hall–Kier alpha value is -4.40. The highest BCUT2D eigenvalue weighted by molar-refractivity contribution is 6.02. The second kappa shape index (κ2) is 9.66. The van der Waals surface area contributed by atoms with Gasteiger partial charge in [-0.1, -0.05) is 35.9 Å². The predicted octanol–water partition coefficient (Wildman–Crippen LogP) is 4.91. The standard InChI is InChI=1S/C31H34N6O3/c1-19-6-5-7-20(12-19)13-26(38)36-11-10-22-14-21(8-9-25(22)36)24-17-37(29-27(24)28(32)33-18-34-29)23-15-35(16-23)30(39)40-31(2,3)4/h5-9,12,14,17-18,23H,10-11,13,15-16H2,1-4H3,(H2,32,33,34). The zero-order valence-electron chi connectivity index (χ0n) is 23.3. The third kappa shape index (κ3) is 4.76. The quantitative estimate of drug-likeness (QED) is 0.396. The van der Waals surface area contributed by atoms with E-state index in [0.717, 1.165) is 51.0 Å². The second-order valence-electron chi connectivity index (χ2n) is 11.8. The summed E-state index contributed by atoms with van der Waals surface area (Å²) < 4.78 is 7.61. The zero-order chi connectivity index (χ0) is 28.2. The summed E-state index contributed by atoms with van der Waals surface area (Å²) >= 11 is 0. The molecule has 1 saturated heterocycles. The van der Waals surface area contributed by atoms with E-state index in [1.54, 1.807) is 4.90 Å². The van der Waals surface area contributed by atoms with Gasteiger partial charge in [0.15, 0.2) is 0 Å². The molecule has 0 unspecified atom stereocenters. The number of aryl methyl sites for hydroxylation is 1. The first-order valence-electron chi connectivity index (χ1n) is 13.7. The maximum absolute atomic E-state index is 13.2. The van der Waals surface area contributed by atoms with Gasteiger partial charge in [-0.25, -0.2) is 14.8 Å². The number of anilines is 2. The zero-order valence-corrected chi connectivity index (χ0v) is 23.3. The molecule has 206 valence electrons. The van der Waals surface area contributed by atoms with Gasteiger partial charge < -0.3 is 24.8 Å². The highest BCUT2D eigenvalue weighted by atomic mass is 16.6. The number of nitrogens with two attached hydrogens (primary N) is 1. The van der Waals surface area contributed by atoms with Crippen LogP contribution in [0.2, 0.25) is 0 Å². The number of benzene rings is 2. The number of nitrogen functional groups attached to an aromatic ring is 1. The molecule has 2 aliphatic rings. The van der Waals surface area contributed by atoms with Crippen molar-refractivity contribution in [1.29, 1.82) is 0 Å². The molecule has 2 N–H and O–H groups in total. The smallest absolute Gasteiger partial charge is 0.410 e. The molecule has 0 bridgehead atoms. The lowest BCUT2D eigenvalue weighted by Crippen LogP contribution is -2.52. The first kappa shape index (κ1) is 25.9. The fourth-order valence-corrected chi connectivity index (χ4v) is 5.63. The van der Waals surface area contributed by atoms with Crippen LogP contribution in [0.15, 0.2) is 55.0 Å². The molecule has 4 heterocycles. The minimum Gasteiger partial charge on any atom is -0.444 e. The molecule has 0 aliphatic carbocycles. The van der Waals surface area contributed by atoms with Crippen molar-refractivity contribution in [1.82, 2.24) is 19.4 Å². The average molecular weight is 539 g/mol. The lowest BCUT2D eigenvalue weighted by molar-refractivity contribution is -0.117. The molecular weight excluding hydrogens is 504 g/mol. The number of carbonyl (C=O) groups excluding carboxylic acids is 2. The van der Waals surface area contributed by atoms with Crippen molar-refractivity contribution >= 4 is 34.5 Å². The molecule has 2 aromatic heterocycles. The van der Waals surface area contributed by atoms with Gasteiger partial charge in [0.1, 0.15) is 23.4 Å². The molecule has 4 aromatic rings. The van der Waals surface area contributed by atoms with Crippen LogP contribution in [0.5, 0.6) is 0 Å². The topological polar surface area (TPSA) is 107 Å². The fourth-order valence-electron chi connectivity index (χ4n) is 5.63. The summed E-state index contributed by atoms with van der Waals surface area (Å²) in [6.07, 6.45) is 4.40. The Morgan fingerprint density at radius 2 is 1.90 bits per heavy atom. The molecule has 6 rings (SSSR count). The van der Waals surface area contributed by atoms with Crippen molar-refractivity contribution in [2.75, 3.05) is 30.3 Å². The number of rotatable bonds is 4. The predicted molar refractivity (Wildman–Crippen MR) is 155 cm³/mol. The number of carbonyl (C=O) groups is 2. The maximum atomic E-state index is 13.2. The number of aromatic nitrogens is 3. The van der Waals surface area contributed by atoms with Crippen molar-refractivity contribution in [2.24, 2.45) is 0 Å². The summed E-state index contributed by atoms with van der Waals surface area (Å²) in [5.41, 5.74) is 12.8. The lowest BCUT2D eigenvalue weighted by atomic mass is 10.0. The fraction of sp³-hybridized carbons (Fsp3) is 0.355. The molecule has 9 heteroatoms. The number of nitrogens with zero attached hydrogens (tertiary/aromatic N) is 5. The summed E-state index contributed by atoms with van der Waals surface area (Å²) in [7, 11) is 0. The number of amides is 2. The second-order valence-corrected chi connectivity index (χ2v) is 11.8. The van der Waals surface area contributed by atoms with E-state index in [4.69, 9.17) is 10.5 Å². The van der Waals surface area contributed by atoms with E-state index in [1.165, 1.54) is 6.33 Å². The van der Waals surface area contributed by atoms with Crippen LogP contribution in [-0.4, -0.2) is 56.7 Å². The molecule has 2 amide bonds. The Balaban J connectivity index is 1.26. The minimum absolute atomic E-state index is 0.0576. The van der Waals surface area contributed by atoms with Gasteiger partial charge in [0, 0.05) is 37.1 Å². The number of likely N-dealkylation sites (tertiary alicyclic amines) is 1. The van der Waals surface area contributed by atoms with Crippen LogP contribution in [0, 0.1) is 6.92 Å². The molecular formula is C31H34N6O3. The monoisotopic (exact) mass is 538 g/mol. The van der Waals surface area contributed by atoms with E-state index in [2.05, 4.69) is 32.9 Å². The van der Waals surface area contributed by atoms with Gasteiger partial charge in [0.05, 0.1) is 17.8 Å². The van der Waals surface area contributed by atoms with Gasteiger partial charge >= 0.3 is 6.09 Å². The molecule has 2 aromatic carbocycles. The van der Waals surface area contributed by atoms with Crippen LogP contribution >= 0.6 is 0 Å². The van der Waals surface area contributed by atoms with Gasteiger partial charge in [-0.2, -0.15) is 0 Å². The maximum Gasteiger partial charge on any atom is 0.410 e. The highest BCUT2D eigenvalue weighted by Gasteiger charge is 2.36. The van der Waals surface area contributed by atoms with Crippen LogP contribution in [0.25, 0.3) is 22.2 Å². The Morgan fingerprint density at radius 3 is 2.65 bits per heavy atom. The molecule has 0 spiro atoms. The van der Waals surface area contributed by atoms with Crippen molar-refractivity contribution in [2.45, 2.75) is 52.2 Å². The molecule has 2 aliphatic heterocycles. The van der Waals surface area contributed by atoms with Crippen molar-refractivity contribution < 1.29 is 14.3 Å². The molecule has 40 heavy (non-hydrogen) atoms. The Bertz CT molecular complexity index is 1630. The Kier molecular flexibility index (Phi) is 6.24. The summed E-state index contributed by atoms with van der Waals surface area (Å²) in [6, 6.07) is 14.4. The third-order valence-electron chi connectivity index (χ3n) is 7.57. The molecule has 9 nitrogen and oxygen atoms in total. The SMILES string of the molecule is Cc1cccc(CC(=O)N2CCc3cc(-c4cn(C5CN(C(=O)OC(C)(C)C)C5)c5ncnc(N)c45)ccc32)c1. The van der Waals surface area contributed by atoms with Gasteiger partial charge in [0.2, 0.25) is 5.91 Å². The average Bonchev–Trinajstić information content (AvgIpc) is 3.44. The van der Waals surface area contributed by atoms with E-state index in [-0.39, 0.29) is 18.0 Å². The van der Waals surface area contributed by atoms with Crippen LogP contribution in [0.4, 0.5) is 16.3 Å². The molecule has 1 fully saturated rings.